The van der Waals surface area contributed by atoms with Crippen molar-refractivity contribution in [3.63, 3.8) is 0 Å². The monoisotopic (exact) mass is 452 g/mol. The molecule has 0 aliphatic carbocycles. The molecule has 154 valence electrons. The summed E-state index contributed by atoms with van der Waals surface area (Å²) in [6.45, 7) is -0.603. The van der Waals surface area contributed by atoms with Crippen LogP contribution in [0.25, 0.3) is 0 Å². The highest BCUT2D eigenvalue weighted by molar-refractivity contribution is 7.66. The van der Waals surface area contributed by atoms with Crippen LogP contribution in [0.15, 0.2) is 21.9 Å². The van der Waals surface area contributed by atoms with Gasteiger partial charge >= 0.3 is 29.2 Å². The van der Waals surface area contributed by atoms with Gasteiger partial charge in [-0.2, -0.15) is 8.62 Å². The van der Waals surface area contributed by atoms with E-state index in [2.05, 4.69) is 18.1 Å². The number of nitrogens with one attached hydrogen (secondary N) is 1. The van der Waals surface area contributed by atoms with Crippen LogP contribution in [0.3, 0.4) is 0 Å². The van der Waals surface area contributed by atoms with E-state index >= 15 is 0 Å². The summed E-state index contributed by atoms with van der Waals surface area (Å²) in [5.41, 5.74) is -1.26. The molecular formula is C9H15N2O13P3. The van der Waals surface area contributed by atoms with Crippen LogP contribution in [0, 0.1) is 0 Å². The minimum atomic E-state index is -5.59. The van der Waals surface area contributed by atoms with Crippen molar-refractivity contribution in [3.05, 3.63) is 33.1 Å². The van der Waals surface area contributed by atoms with Gasteiger partial charge in [0.15, 0.2) is 0 Å². The molecular weight excluding hydrogens is 437 g/mol. The number of aromatic amines is 1. The van der Waals surface area contributed by atoms with Crippen LogP contribution in [0.1, 0.15) is 12.5 Å². The molecule has 5 N–H and O–H groups in total. The minimum absolute atomic E-state index is 0.0103. The zero-order valence-corrected chi connectivity index (χ0v) is 15.9. The summed E-state index contributed by atoms with van der Waals surface area (Å²) in [6.07, 6.45) is 0.556. The van der Waals surface area contributed by atoms with Gasteiger partial charge in [-0.05, 0) is 6.42 Å². The maximum Gasteiger partial charge on any atom is 0.490 e. The third-order valence-corrected chi connectivity index (χ3v) is 6.95. The van der Waals surface area contributed by atoms with Crippen LogP contribution in [0.4, 0.5) is 0 Å². The third-order valence-electron chi connectivity index (χ3n) is 3.14. The van der Waals surface area contributed by atoms with E-state index in [-0.39, 0.29) is 13.0 Å². The Kier molecular flexibility index (Phi) is 6.78. The van der Waals surface area contributed by atoms with E-state index in [1.54, 1.807) is 0 Å². The van der Waals surface area contributed by atoms with Crippen LogP contribution in [0.5, 0.6) is 0 Å². The highest BCUT2D eigenvalue weighted by Crippen LogP contribution is 2.66. The Bertz CT molecular complexity index is 933. The van der Waals surface area contributed by atoms with E-state index < -0.39 is 53.5 Å². The van der Waals surface area contributed by atoms with E-state index in [1.807, 2.05) is 0 Å². The lowest BCUT2D eigenvalue weighted by atomic mass is 10.2. The van der Waals surface area contributed by atoms with Gasteiger partial charge in [0.1, 0.15) is 0 Å². The number of hydrogen-bond donors (Lipinski definition) is 5. The second-order valence-electron chi connectivity index (χ2n) is 5.25. The van der Waals surface area contributed by atoms with Gasteiger partial charge in [-0.15, -0.1) is 0 Å². The molecule has 15 nitrogen and oxygen atoms in total. The number of aromatic nitrogens is 2. The van der Waals surface area contributed by atoms with Crippen molar-refractivity contribution in [1.82, 2.24) is 9.55 Å². The standard InChI is InChI=1S/C9H15N2O13P3/c12-8-1-2-11(9(13)10-8)6-3-7(21-4-6)5-22-26(17,18)24-27(19,20)23-25(14,15)16/h1-2,6-7H,3-5H2,(H,17,18)(H,19,20)(H,10,12,13)(H2,14,15,16)/t6?,7-/m0/s1. The molecule has 1 aromatic heterocycles. The quantitative estimate of drug-likeness (QED) is 0.305. The molecule has 2 heterocycles. The number of H-pyrrole nitrogens is 1. The summed E-state index contributed by atoms with van der Waals surface area (Å²) in [4.78, 5) is 60.0. The highest BCUT2D eigenvalue weighted by atomic mass is 31.3. The van der Waals surface area contributed by atoms with Crippen molar-refractivity contribution in [3.8, 4) is 0 Å². The van der Waals surface area contributed by atoms with Crippen molar-refractivity contribution in [2.24, 2.45) is 0 Å². The molecule has 27 heavy (non-hydrogen) atoms. The van der Waals surface area contributed by atoms with Crippen molar-refractivity contribution in [1.29, 1.82) is 0 Å². The van der Waals surface area contributed by atoms with Crippen LogP contribution in [0.2, 0.25) is 0 Å². The fraction of sp³-hybridized carbons (Fsp3) is 0.556. The van der Waals surface area contributed by atoms with E-state index in [4.69, 9.17) is 19.4 Å². The van der Waals surface area contributed by atoms with Gasteiger partial charge in [-0.25, -0.2) is 18.5 Å². The number of phosphoric acid groups is 3. The van der Waals surface area contributed by atoms with Gasteiger partial charge in [0.2, 0.25) is 0 Å². The molecule has 1 aliphatic rings. The maximum absolute atomic E-state index is 11.7. The van der Waals surface area contributed by atoms with Crippen molar-refractivity contribution in [2.75, 3.05) is 13.2 Å². The Labute approximate surface area is 150 Å². The summed E-state index contributed by atoms with van der Waals surface area (Å²) in [5.74, 6) is 0. The van der Waals surface area contributed by atoms with Gasteiger partial charge in [0.05, 0.1) is 25.4 Å². The lowest BCUT2D eigenvalue weighted by Gasteiger charge is -2.17. The number of hydrogen-bond acceptors (Lipinski definition) is 9. The van der Waals surface area contributed by atoms with E-state index in [0.717, 1.165) is 6.07 Å². The Morgan fingerprint density at radius 1 is 1.15 bits per heavy atom. The second-order valence-corrected chi connectivity index (χ2v) is 9.67. The number of nitrogens with zero attached hydrogens (tertiary/aromatic N) is 1. The Morgan fingerprint density at radius 2 is 1.81 bits per heavy atom. The Morgan fingerprint density at radius 3 is 2.41 bits per heavy atom. The van der Waals surface area contributed by atoms with Gasteiger partial charge in [0.25, 0.3) is 5.56 Å². The molecule has 1 aliphatic heterocycles. The molecule has 0 bridgehead atoms. The Hall–Kier alpha value is -0.950. The van der Waals surface area contributed by atoms with E-state index in [9.17, 15) is 28.2 Å². The van der Waals surface area contributed by atoms with Crippen molar-refractivity contribution < 1.29 is 51.2 Å². The average Bonchev–Trinajstić information content (AvgIpc) is 2.90. The molecule has 1 saturated heterocycles. The normalized spacial score (nSPS) is 25.0. The summed E-state index contributed by atoms with van der Waals surface area (Å²) in [7, 11) is -16.3. The Balaban J connectivity index is 1.92. The predicted octanol–water partition coefficient (Wildman–Crippen LogP) is -0.790. The first-order valence-corrected chi connectivity index (χ1v) is 11.5. The first-order valence-electron chi connectivity index (χ1n) is 6.98. The van der Waals surface area contributed by atoms with Gasteiger partial charge in [-0.1, -0.05) is 0 Å². The first kappa shape index (κ1) is 22.3. The van der Waals surface area contributed by atoms with Crippen LogP contribution < -0.4 is 11.2 Å². The second kappa shape index (κ2) is 8.19. The zero-order chi connectivity index (χ0) is 20.5. The third kappa shape index (κ3) is 7.18. The largest absolute Gasteiger partial charge is 0.490 e. The van der Waals surface area contributed by atoms with Crippen LogP contribution in [-0.4, -0.2) is 48.4 Å². The molecule has 1 fully saturated rings. The summed E-state index contributed by atoms with van der Waals surface area (Å²) in [6, 6.07) is 0.615. The zero-order valence-electron chi connectivity index (χ0n) is 13.2. The lowest BCUT2D eigenvalue weighted by Crippen LogP contribution is -2.31. The average molecular weight is 452 g/mol. The summed E-state index contributed by atoms with van der Waals surface area (Å²) < 4.78 is 51.4. The van der Waals surface area contributed by atoms with Gasteiger partial charge in [-0.3, -0.25) is 18.9 Å². The van der Waals surface area contributed by atoms with Crippen LogP contribution >= 0.6 is 23.5 Å². The highest BCUT2D eigenvalue weighted by Gasteiger charge is 2.41. The summed E-state index contributed by atoms with van der Waals surface area (Å²) >= 11 is 0. The number of rotatable bonds is 8. The minimum Gasteiger partial charge on any atom is -0.374 e. The molecule has 0 amide bonds. The van der Waals surface area contributed by atoms with E-state index in [1.165, 1.54) is 10.8 Å². The predicted molar refractivity (Wildman–Crippen MR) is 84.5 cm³/mol. The maximum atomic E-state index is 11.7. The molecule has 1 aromatic rings. The van der Waals surface area contributed by atoms with E-state index in [0.29, 0.717) is 0 Å². The van der Waals surface area contributed by atoms with Gasteiger partial charge in [0, 0.05) is 12.3 Å². The van der Waals surface area contributed by atoms with Crippen molar-refractivity contribution >= 4 is 23.5 Å². The molecule has 3 unspecified atom stereocenters. The molecule has 0 radical (unpaired) electrons. The SMILES string of the molecule is O=c1ccn(C2CO[C@H](COP(=O)(O)OP(=O)(O)OP(=O)(O)O)C2)c(=O)[nH]1. The number of phosphoric ester groups is 1. The topological polar surface area (TPSA) is 224 Å². The van der Waals surface area contributed by atoms with Crippen LogP contribution in [-0.2, 0) is 31.6 Å². The molecule has 0 spiro atoms. The molecule has 0 saturated carbocycles. The molecule has 18 heteroatoms. The molecule has 2 rings (SSSR count). The number of ether oxygens (including phenoxy) is 1. The fourth-order valence-electron chi connectivity index (χ4n) is 2.19. The fourth-order valence-corrected chi connectivity index (χ4v) is 5.24. The summed E-state index contributed by atoms with van der Waals surface area (Å²) in [5, 5.41) is 0. The first-order chi connectivity index (χ1) is 12.3. The van der Waals surface area contributed by atoms with Crippen molar-refractivity contribution in [2.45, 2.75) is 18.6 Å². The smallest absolute Gasteiger partial charge is 0.374 e. The molecule has 0 aromatic carbocycles. The van der Waals surface area contributed by atoms with Gasteiger partial charge < -0.3 is 24.3 Å². The lowest BCUT2D eigenvalue weighted by molar-refractivity contribution is 0.0528. The molecule has 4 atom stereocenters.